The first-order valence-corrected chi connectivity index (χ1v) is 15.7. The summed E-state index contributed by atoms with van der Waals surface area (Å²) in [4.78, 5) is 25.3. The van der Waals surface area contributed by atoms with Crippen molar-refractivity contribution < 1.29 is 32.2 Å². The van der Waals surface area contributed by atoms with Gasteiger partial charge >= 0.3 is 0 Å². The third-order valence-corrected chi connectivity index (χ3v) is 8.65. The maximum Gasteiger partial charge on any atom is 0.264 e. The van der Waals surface area contributed by atoms with Gasteiger partial charge in [-0.15, -0.1) is 0 Å². The molecule has 0 fully saturated rings. The Morgan fingerprint density at radius 3 is 2.20 bits per heavy atom. The molecule has 0 bridgehead atoms. The molecule has 11 nitrogen and oxygen atoms in total. The highest BCUT2D eigenvalue weighted by Gasteiger charge is 2.30. The van der Waals surface area contributed by atoms with Gasteiger partial charge in [0.1, 0.15) is 23.8 Å². The van der Waals surface area contributed by atoms with Gasteiger partial charge in [0.25, 0.3) is 21.8 Å². The van der Waals surface area contributed by atoms with Crippen LogP contribution in [0.25, 0.3) is 0 Å². The van der Waals surface area contributed by atoms with Gasteiger partial charge < -0.3 is 19.5 Å². The summed E-state index contributed by atoms with van der Waals surface area (Å²) < 4.78 is 44.8. The fourth-order valence-electron chi connectivity index (χ4n) is 4.38. The van der Waals surface area contributed by atoms with Crippen molar-refractivity contribution in [1.29, 1.82) is 0 Å². The number of rotatable bonds is 14. The topological polar surface area (TPSA) is 136 Å². The van der Waals surface area contributed by atoms with Crippen LogP contribution >= 0.6 is 0 Å². The molecule has 240 valence electrons. The van der Waals surface area contributed by atoms with Crippen LogP contribution in [0.3, 0.4) is 0 Å². The Labute approximate surface area is 268 Å². The van der Waals surface area contributed by atoms with Crippen LogP contribution < -0.4 is 29.3 Å². The van der Waals surface area contributed by atoms with E-state index in [0.29, 0.717) is 17.1 Å². The Hall–Kier alpha value is -5.36. The third kappa shape index (κ3) is 8.85. The molecule has 0 aliphatic rings. The lowest BCUT2D eigenvalue weighted by Gasteiger charge is -2.25. The zero-order chi connectivity index (χ0) is 33.1. The van der Waals surface area contributed by atoms with E-state index >= 15 is 0 Å². The summed E-state index contributed by atoms with van der Waals surface area (Å²) in [5, 5.41) is 6.88. The molecular formula is C34H36N4O7S. The zero-order valence-corrected chi connectivity index (χ0v) is 26.8. The van der Waals surface area contributed by atoms with Crippen LogP contribution in [-0.2, 0) is 19.6 Å². The van der Waals surface area contributed by atoms with Gasteiger partial charge in [0.2, 0.25) is 0 Å². The van der Waals surface area contributed by atoms with E-state index in [1.807, 2.05) is 44.2 Å². The van der Waals surface area contributed by atoms with E-state index in [-0.39, 0.29) is 34.9 Å². The number of benzene rings is 4. The summed E-state index contributed by atoms with van der Waals surface area (Å²) in [6, 6.07) is 27.2. The number of methoxy groups -OCH3 is 2. The molecular weight excluding hydrogens is 608 g/mol. The fraction of sp³-hybridized carbons (Fsp3) is 0.206. The van der Waals surface area contributed by atoms with Gasteiger partial charge in [-0.05, 0) is 73.5 Å². The van der Waals surface area contributed by atoms with Crippen molar-refractivity contribution in [3.05, 3.63) is 114 Å². The number of carbonyl (C=O) groups excluding carboxylic acids is 2. The van der Waals surface area contributed by atoms with Crippen molar-refractivity contribution in [2.45, 2.75) is 24.8 Å². The summed E-state index contributed by atoms with van der Waals surface area (Å²) in [5.41, 5.74) is 5.02. The quantitative estimate of drug-likeness (QED) is 0.151. The summed E-state index contributed by atoms with van der Waals surface area (Å²) in [5.74, 6) is 0.154. The molecule has 0 saturated carbocycles. The van der Waals surface area contributed by atoms with E-state index in [0.717, 1.165) is 15.4 Å². The minimum Gasteiger partial charge on any atom is -0.497 e. The van der Waals surface area contributed by atoms with Crippen LogP contribution in [0.4, 0.5) is 5.69 Å². The number of hydrazone groups is 1. The van der Waals surface area contributed by atoms with Gasteiger partial charge in [-0.2, -0.15) is 5.10 Å². The Balaban J connectivity index is 1.39. The number of anilines is 1. The second-order valence-electron chi connectivity index (χ2n) is 10.2. The van der Waals surface area contributed by atoms with Gasteiger partial charge in [0.05, 0.1) is 37.1 Å². The summed E-state index contributed by atoms with van der Waals surface area (Å²) in [6.07, 6.45) is 1.40. The molecule has 46 heavy (non-hydrogen) atoms. The molecule has 0 aliphatic carbocycles. The van der Waals surface area contributed by atoms with Gasteiger partial charge in [-0.3, -0.25) is 13.9 Å². The third-order valence-electron chi connectivity index (χ3n) is 6.88. The van der Waals surface area contributed by atoms with Crippen LogP contribution in [-0.4, -0.2) is 53.8 Å². The van der Waals surface area contributed by atoms with E-state index < -0.39 is 22.5 Å². The number of ether oxygens (including phenoxy) is 3. The highest BCUT2D eigenvalue weighted by molar-refractivity contribution is 7.92. The Kier molecular flexibility index (Phi) is 11.4. The highest BCUT2D eigenvalue weighted by atomic mass is 32.2. The van der Waals surface area contributed by atoms with Crippen molar-refractivity contribution in [2.24, 2.45) is 5.10 Å². The maximum absolute atomic E-state index is 13.8. The summed E-state index contributed by atoms with van der Waals surface area (Å²) >= 11 is 0. The van der Waals surface area contributed by atoms with E-state index in [2.05, 4.69) is 15.8 Å². The van der Waals surface area contributed by atoms with E-state index in [1.165, 1.54) is 38.6 Å². The minimum absolute atomic E-state index is 0.00442. The summed E-state index contributed by atoms with van der Waals surface area (Å²) in [6.45, 7) is 3.00. The number of hydrogen-bond donors (Lipinski definition) is 2. The van der Waals surface area contributed by atoms with Crippen LogP contribution in [0.5, 0.6) is 17.2 Å². The van der Waals surface area contributed by atoms with E-state index in [1.54, 1.807) is 48.5 Å². The Morgan fingerprint density at radius 2 is 1.54 bits per heavy atom. The van der Waals surface area contributed by atoms with Gasteiger partial charge in [-0.25, -0.2) is 13.8 Å². The lowest BCUT2D eigenvalue weighted by Crippen LogP contribution is -2.39. The molecule has 0 heterocycles. The molecule has 0 aliphatic heterocycles. The summed E-state index contributed by atoms with van der Waals surface area (Å²) in [7, 11) is -1.34. The van der Waals surface area contributed by atoms with Crippen LogP contribution in [0.2, 0.25) is 0 Å². The minimum atomic E-state index is -4.20. The molecule has 4 aromatic rings. The average molecular weight is 645 g/mol. The van der Waals surface area contributed by atoms with Crippen molar-refractivity contribution >= 4 is 33.7 Å². The molecule has 12 heteroatoms. The monoisotopic (exact) mass is 644 g/mol. The molecule has 0 unspecified atom stereocenters. The predicted molar refractivity (Wildman–Crippen MR) is 176 cm³/mol. The standard InChI is InChI=1S/C34H36N4O7S/c1-24-10-17-30(18-11-24)46(41,42)38(31-20-29(43-3)16-19-32(31)44-4)22-33(39)37-35-21-26-12-14-28(15-13-26)45-23-34(40)36-25(2)27-8-6-5-7-9-27/h5-21,25H,22-23H2,1-4H3,(H,36,40)(H,37,39)/b35-21-/t25-/m0/s1. The second-order valence-corrected chi connectivity index (χ2v) is 12.1. The molecule has 1 atom stereocenters. The average Bonchev–Trinajstić information content (AvgIpc) is 3.07. The predicted octanol–water partition coefficient (Wildman–Crippen LogP) is 4.61. The number of amides is 2. The van der Waals surface area contributed by atoms with E-state index in [4.69, 9.17) is 14.2 Å². The van der Waals surface area contributed by atoms with Crippen molar-refractivity contribution in [3.8, 4) is 17.2 Å². The Morgan fingerprint density at radius 1 is 0.870 bits per heavy atom. The second kappa shape index (κ2) is 15.6. The largest absolute Gasteiger partial charge is 0.497 e. The van der Waals surface area contributed by atoms with Crippen LogP contribution in [0, 0.1) is 6.92 Å². The maximum atomic E-state index is 13.8. The van der Waals surface area contributed by atoms with Crippen molar-refractivity contribution in [2.75, 3.05) is 31.7 Å². The lowest BCUT2D eigenvalue weighted by atomic mass is 10.1. The molecule has 4 aromatic carbocycles. The van der Waals surface area contributed by atoms with Crippen molar-refractivity contribution in [1.82, 2.24) is 10.7 Å². The molecule has 0 radical (unpaired) electrons. The van der Waals surface area contributed by atoms with Crippen molar-refractivity contribution in [3.63, 3.8) is 0 Å². The number of nitrogens with one attached hydrogen (secondary N) is 2. The number of hydrogen-bond acceptors (Lipinski definition) is 8. The van der Waals surface area contributed by atoms with E-state index in [9.17, 15) is 18.0 Å². The number of sulfonamides is 1. The van der Waals surface area contributed by atoms with Gasteiger partial charge in [-0.1, -0.05) is 48.0 Å². The van der Waals surface area contributed by atoms with Gasteiger partial charge in [0, 0.05) is 6.07 Å². The molecule has 4 rings (SSSR count). The molecule has 0 saturated heterocycles. The van der Waals surface area contributed by atoms with Gasteiger partial charge in [0.15, 0.2) is 6.61 Å². The number of aryl methyl sites for hydroxylation is 1. The SMILES string of the molecule is COc1ccc(OC)c(N(CC(=O)N/N=C\c2ccc(OCC(=O)N[C@@H](C)c3ccccc3)cc2)S(=O)(=O)c2ccc(C)cc2)c1. The normalized spacial score (nSPS) is 11.8. The first kappa shape index (κ1) is 33.5. The smallest absolute Gasteiger partial charge is 0.264 e. The number of carbonyl (C=O) groups is 2. The van der Waals surface area contributed by atoms with Crippen LogP contribution in [0.1, 0.15) is 29.7 Å². The molecule has 2 amide bonds. The molecule has 0 aromatic heterocycles. The molecule has 2 N–H and O–H groups in total. The number of nitrogens with zero attached hydrogens (tertiary/aromatic N) is 2. The first-order valence-electron chi connectivity index (χ1n) is 14.3. The van der Waals surface area contributed by atoms with Crippen LogP contribution in [0.15, 0.2) is 107 Å². The highest BCUT2D eigenvalue weighted by Crippen LogP contribution is 2.35. The fourth-order valence-corrected chi connectivity index (χ4v) is 5.80. The zero-order valence-electron chi connectivity index (χ0n) is 26.0. The Bertz CT molecular complexity index is 1760. The first-order chi connectivity index (χ1) is 22.1. The lowest BCUT2D eigenvalue weighted by molar-refractivity contribution is -0.123. The molecule has 0 spiro atoms.